The van der Waals surface area contributed by atoms with E-state index in [9.17, 15) is 23.2 Å². The van der Waals surface area contributed by atoms with E-state index in [2.05, 4.69) is 15.0 Å². The molecule has 0 atom stereocenters. The Morgan fingerprint density at radius 3 is 2.47 bits per heavy atom. The maximum atomic E-state index is 13.7. The van der Waals surface area contributed by atoms with Crippen molar-refractivity contribution in [1.29, 1.82) is 0 Å². The molecule has 1 aromatic heterocycles. The molecule has 1 aromatic carbocycles. The van der Waals surface area contributed by atoms with E-state index in [1.807, 2.05) is 32.0 Å². The first-order valence-electron chi connectivity index (χ1n) is 11.5. The number of aryl methyl sites for hydroxylation is 1. The van der Waals surface area contributed by atoms with Gasteiger partial charge in [0.15, 0.2) is 0 Å². The van der Waals surface area contributed by atoms with Crippen LogP contribution in [-0.4, -0.2) is 54.0 Å². The Morgan fingerprint density at radius 2 is 1.83 bits per heavy atom. The quantitative estimate of drug-likeness (QED) is 0.413. The molecule has 192 valence electrons. The first-order chi connectivity index (χ1) is 17.1. The highest BCUT2D eigenvalue weighted by Gasteiger charge is 2.53. The van der Waals surface area contributed by atoms with Gasteiger partial charge in [-0.2, -0.15) is 8.78 Å². The molecule has 1 aliphatic heterocycles. The van der Waals surface area contributed by atoms with Gasteiger partial charge in [-0.05, 0) is 43.0 Å². The molecule has 0 unspecified atom stereocenters. The van der Waals surface area contributed by atoms with Gasteiger partial charge >= 0.3 is 12.6 Å². The number of pyridine rings is 1. The highest BCUT2D eigenvalue weighted by molar-refractivity contribution is 6.04. The number of anilines is 1. The van der Waals surface area contributed by atoms with Gasteiger partial charge in [0.25, 0.3) is 0 Å². The molecule has 2 aromatic rings. The Hall–Kier alpha value is -3.82. The number of alkyl halides is 2. The van der Waals surface area contributed by atoms with Crippen molar-refractivity contribution >= 4 is 23.5 Å². The van der Waals surface area contributed by atoms with Gasteiger partial charge in [-0.3, -0.25) is 9.59 Å². The van der Waals surface area contributed by atoms with Crippen molar-refractivity contribution < 1.29 is 32.6 Å². The van der Waals surface area contributed by atoms with Gasteiger partial charge < -0.3 is 19.7 Å². The van der Waals surface area contributed by atoms with Crippen LogP contribution >= 0.6 is 0 Å². The second-order valence-corrected chi connectivity index (χ2v) is 8.74. The van der Waals surface area contributed by atoms with E-state index in [0.29, 0.717) is 5.69 Å². The predicted octanol–water partition coefficient (Wildman–Crippen LogP) is 3.95. The predicted molar refractivity (Wildman–Crippen MR) is 129 cm³/mol. The summed E-state index contributed by atoms with van der Waals surface area (Å²) in [5, 5.41) is 2.69. The summed E-state index contributed by atoms with van der Waals surface area (Å²) in [7, 11) is 0. The Balaban J connectivity index is 1.93. The summed E-state index contributed by atoms with van der Waals surface area (Å²) in [6.07, 6.45) is 2.15. The van der Waals surface area contributed by atoms with Crippen LogP contribution in [0.5, 0.6) is 5.88 Å². The van der Waals surface area contributed by atoms with Gasteiger partial charge in [-0.15, -0.1) is 0 Å². The van der Waals surface area contributed by atoms with Crippen LogP contribution in [0.3, 0.4) is 0 Å². The second kappa shape index (κ2) is 11.3. The van der Waals surface area contributed by atoms with Crippen molar-refractivity contribution in [1.82, 2.24) is 9.88 Å². The number of aromatic nitrogens is 1. The number of rotatable bonds is 9. The number of carbonyl (C=O) groups excluding carboxylic acids is 3. The Kier molecular flexibility index (Phi) is 8.39. The number of nitrogens with one attached hydrogen (secondary N) is 1. The highest BCUT2D eigenvalue weighted by Crippen LogP contribution is 2.40. The lowest BCUT2D eigenvalue weighted by Crippen LogP contribution is -2.66. The average Bonchev–Trinajstić information content (AvgIpc) is 2.79. The lowest BCUT2D eigenvalue weighted by molar-refractivity contribution is -0.141. The largest absolute Gasteiger partial charge is 0.463 e. The molecule has 10 heteroatoms. The fourth-order valence-corrected chi connectivity index (χ4v) is 4.11. The van der Waals surface area contributed by atoms with Gasteiger partial charge in [-0.25, -0.2) is 9.78 Å². The minimum atomic E-state index is -3.12. The molecule has 0 radical (unpaired) electrons. The number of ether oxygens (including phenoxy) is 2. The van der Waals surface area contributed by atoms with Crippen molar-refractivity contribution in [3.63, 3.8) is 0 Å². The molecular formula is C26H29F2N3O5. The lowest BCUT2D eigenvalue weighted by atomic mass is 9.69. The number of hydrogen-bond acceptors (Lipinski definition) is 6. The van der Waals surface area contributed by atoms with E-state index in [1.165, 1.54) is 11.0 Å². The first kappa shape index (κ1) is 26.8. The van der Waals surface area contributed by atoms with Crippen LogP contribution in [0.2, 0.25) is 0 Å². The third-order valence-electron chi connectivity index (χ3n) is 5.86. The standard InChI is InChI=1S/C26H29F2N3O5/c1-5-35-22(33)13-12-21(32)31-14-26(15-31,19-9-7-6-8-18(19)16(2)3)24(34)30-20-11-10-17(4)29-23(20)36-25(27)28/h6-13,16,25H,5,14-15H2,1-4H3,(H,30,34)/b13-12-. The van der Waals surface area contributed by atoms with Crippen LogP contribution in [-0.2, 0) is 24.5 Å². The molecule has 1 saturated heterocycles. The van der Waals surface area contributed by atoms with Crippen LogP contribution in [0.4, 0.5) is 14.5 Å². The zero-order valence-electron chi connectivity index (χ0n) is 20.6. The molecule has 0 spiro atoms. The minimum Gasteiger partial charge on any atom is -0.463 e. The van der Waals surface area contributed by atoms with Crippen molar-refractivity contribution in [2.75, 3.05) is 25.0 Å². The molecule has 1 fully saturated rings. The summed E-state index contributed by atoms with van der Waals surface area (Å²) in [4.78, 5) is 43.4. The van der Waals surface area contributed by atoms with Crippen molar-refractivity contribution in [3.05, 3.63) is 65.4 Å². The molecule has 36 heavy (non-hydrogen) atoms. The fraction of sp³-hybridized carbons (Fsp3) is 0.385. The molecule has 2 amide bonds. The highest BCUT2D eigenvalue weighted by atomic mass is 19.3. The SMILES string of the molecule is CCOC(=O)/C=C\C(=O)N1CC(C(=O)Nc2ccc(C)nc2OC(F)F)(c2ccccc2C(C)C)C1. The topological polar surface area (TPSA) is 97.8 Å². The molecule has 0 saturated carbocycles. The van der Waals surface area contributed by atoms with Crippen LogP contribution in [0, 0.1) is 6.92 Å². The first-order valence-corrected chi connectivity index (χ1v) is 11.5. The third kappa shape index (κ3) is 5.87. The zero-order chi connectivity index (χ0) is 26.5. The molecule has 0 aliphatic carbocycles. The Labute approximate surface area is 208 Å². The van der Waals surface area contributed by atoms with Gasteiger partial charge in [-0.1, -0.05) is 38.1 Å². The van der Waals surface area contributed by atoms with Gasteiger partial charge in [0.1, 0.15) is 11.1 Å². The number of hydrogen-bond donors (Lipinski definition) is 1. The molecule has 1 aliphatic rings. The number of esters is 1. The summed E-state index contributed by atoms with van der Waals surface area (Å²) in [5.41, 5.74) is 0.943. The molecular weight excluding hydrogens is 472 g/mol. The van der Waals surface area contributed by atoms with E-state index in [1.54, 1.807) is 26.0 Å². The van der Waals surface area contributed by atoms with Crippen LogP contribution in [0.25, 0.3) is 0 Å². The minimum absolute atomic E-state index is 0.000661. The van der Waals surface area contributed by atoms with E-state index in [4.69, 9.17) is 4.74 Å². The summed E-state index contributed by atoms with van der Waals surface area (Å²) < 4.78 is 35.2. The number of benzene rings is 1. The zero-order valence-corrected chi connectivity index (χ0v) is 20.6. The van der Waals surface area contributed by atoms with Gasteiger partial charge in [0, 0.05) is 30.9 Å². The van der Waals surface area contributed by atoms with Gasteiger partial charge in [0.2, 0.25) is 17.7 Å². The number of likely N-dealkylation sites (tertiary alicyclic amines) is 1. The van der Waals surface area contributed by atoms with Crippen molar-refractivity contribution in [3.8, 4) is 5.88 Å². The summed E-state index contributed by atoms with van der Waals surface area (Å²) >= 11 is 0. The number of carbonyl (C=O) groups is 3. The number of halogens is 2. The monoisotopic (exact) mass is 501 g/mol. The molecule has 0 bridgehead atoms. The normalized spacial score (nSPS) is 14.6. The molecule has 2 heterocycles. The third-order valence-corrected chi connectivity index (χ3v) is 5.86. The Morgan fingerprint density at radius 1 is 1.14 bits per heavy atom. The molecule has 8 nitrogen and oxygen atoms in total. The molecule has 3 rings (SSSR count). The summed E-state index contributed by atoms with van der Waals surface area (Å²) in [6.45, 7) is 4.37. The average molecular weight is 502 g/mol. The lowest BCUT2D eigenvalue weighted by Gasteiger charge is -2.49. The number of nitrogens with zero attached hydrogens (tertiary/aromatic N) is 2. The summed E-state index contributed by atoms with van der Waals surface area (Å²) in [5.74, 6) is -1.89. The van der Waals surface area contributed by atoms with E-state index in [0.717, 1.165) is 23.3 Å². The summed E-state index contributed by atoms with van der Waals surface area (Å²) in [6, 6.07) is 10.4. The van der Waals surface area contributed by atoms with Crippen LogP contribution in [0.1, 0.15) is 43.5 Å². The Bertz CT molecular complexity index is 1160. The second-order valence-electron chi connectivity index (χ2n) is 8.74. The van der Waals surface area contributed by atoms with Crippen molar-refractivity contribution in [2.45, 2.75) is 45.6 Å². The maximum absolute atomic E-state index is 13.7. The molecule has 1 N–H and O–H groups in total. The fourth-order valence-electron chi connectivity index (χ4n) is 4.11. The van der Waals surface area contributed by atoms with Crippen LogP contribution in [0.15, 0.2) is 48.6 Å². The smallest absolute Gasteiger partial charge is 0.388 e. The van der Waals surface area contributed by atoms with E-state index in [-0.39, 0.29) is 31.3 Å². The van der Waals surface area contributed by atoms with Gasteiger partial charge in [0.05, 0.1) is 6.61 Å². The van der Waals surface area contributed by atoms with Crippen molar-refractivity contribution in [2.24, 2.45) is 0 Å². The van der Waals surface area contributed by atoms with Crippen LogP contribution < -0.4 is 10.1 Å². The van der Waals surface area contributed by atoms with E-state index < -0.39 is 35.7 Å². The number of amides is 2. The van der Waals surface area contributed by atoms with E-state index >= 15 is 0 Å². The maximum Gasteiger partial charge on any atom is 0.388 e.